The largest absolute Gasteiger partial charge is 0.356 e. The molecule has 0 saturated heterocycles. The highest BCUT2D eigenvalue weighted by atomic mass is 16.2. The summed E-state index contributed by atoms with van der Waals surface area (Å²) in [6.07, 6.45) is 1.38. The number of Topliss-reactive ketones (excluding diaryl/α,β-unsaturated/α-hetero) is 1. The third-order valence-electron chi connectivity index (χ3n) is 4.74. The number of aryl methyl sites for hydroxylation is 2. The number of carbonyl (C=O) groups excluding carboxylic acids is 2. The number of hydrogen-bond acceptors (Lipinski definition) is 3. The zero-order chi connectivity index (χ0) is 19.6. The van der Waals surface area contributed by atoms with Crippen LogP contribution < -0.4 is 5.32 Å². The van der Waals surface area contributed by atoms with Crippen LogP contribution in [0.25, 0.3) is 0 Å². The van der Waals surface area contributed by atoms with E-state index >= 15 is 0 Å². The van der Waals surface area contributed by atoms with E-state index in [0.29, 0.717) is 12.1 Å². The number of nitrogens with zero attached hydrogens (tertiary/aromatic N) is 1. The molecule has 1 amide bonds. The van der Waals surface area contributed by atoms with Crippen molar-refractivity contribution >= 4 is 11.7 Å². The van der Waals surface area contributed by atoms with Crippen molar-refractivity contribution in [2.75, 3.05) is 20.1 Å². The van der Waals surface area contributed by atoms with Crippen molar-refractivity contribution in [2.45, 2.75) is 39.7 Å². The van der Waals surface area contributed by atoms with Gasteiger partial charge in [0.15, 0.2) is 5.78 Å². The lowest BCUT2D eigenvalue weighted by atomic mass is 10.0. The van der Waals surface area contributed by atoms with Gasteiger partial charge in [-0.15, -0.1) is 0 Å². The zero-order valence-corrected chi connectivity index (χ0v) is 16.6. The van der Waals surface area contributed by atoms with Gasteiger partial charge < -0.3 is 10.2 Å². The van der Waals surface area contributed by atoms with Crippen LogP contribution in [0.5, 0.6) is 0 Å². The van der Waals surface area contributed by atoms with Crippen molar-refractivity contribution in [3.63, 3.8) is 0 Å². The molecule has 0 atom stereocenters. The van der Waals surface area contributed by atoms with E-state index in [1.54, 1.807) is 0 Å². The summed E-state index contributed by atoms with van der Waals surface area (Å²) in [5.41, 5.74) is 4.24. The molecule has 4 nitrogen and oxygen atoms in total. The Balaban J connectivity index is 1.61. The van der Waals surface area contributed by atoms with Crippen LogP contribution in [0.4, 0.5) is 0 Å². The van der Waals surface area contributed by atoms with Gasteiger partial charge in [-0.2, -0.15) is 0 Å². The quantitative estimate of drug-likeness (QED) is 0.512. The number of hydrogen-bond donors (Lipinski definition) is 1. The van der Waals surface area contributed by atoms with Gasteiger partial charge in [-0.1, -0.05) is 42.5 Å². The standard InChI is InChI=1S/C23H30N2O2/c1-18-10-11-21(16-19(18)2)22(26)12-13-23(27)24-14-7-15-25(3)17-20-8-5-4-6-9-20/h4-6,8-11,16H,7,12-15,17H2,1-3H3,(H,24,27). The van der Waals surface area contributed by atoms with Gasteiger partial charge >= 0.3 is 0 Å². The Hall–Kier alpha value is -2.46. The van der Waals surface area contributed by atoms with Gasteiger partial charge in [0.05, 0.1) is 0 Å². The molecule has 4 heteroatoms. The molecule has 2 aromatic rings. The summed E-state index contributed by atoms with van der Waals surface area (Å²) >= 11 is 0. The average Bonchev–Trinajstić information content (AvgIpc) is 2.66. The maximum absolute atomic E-state index is 12.2. The number of ketones is 1. The Morgan fingerprint density at radius 1 is 0.963 bits per heavy atom. The van der Waals surface area contributed by atoms with E-state index in [1.807, 2.05) is 50.2 Å². The lowest BCUT2D eigenvalue weighted by Gasteiger charge is -2.16. The molecule has 0 radical (unpaired) electrons. The number of benzene rings is 2. The molecule has 0 aliphatic rings. The van der Waals surface area contributed by atoms with E-state index in [2.05, 4.69) is 29.4 Å². The third-order valence-corrected chi connectivity index (χ3v) is 4.74. The molecule has 0 saturated carbocycles. The first-order valence-corrected chi connectivity index (χ1v) is 9.55. The van der Waals surface area contributed by atoms with E-state index in [0.717, 1.165) is 25.1 Å². The SMILES string of the molecule is Cc1ccc(C(=O)CCC(=O)NCCCN(C)Cc2ccccc2)cc1C. The van der Waals surface area contributed by atoms with Crippen molar-refractivity contribution in [1.29, 1.82) is 0 Å². The molecule has 0 aromatic heterocycles. The van der Waals surface area contributed by atoms with E-state index in [4.69, 9.17) is 0 Å². The van der Waals surface area contributed by atoms with E-state index < -0.39 is 0 Å². The molecule has 144 valence electrons. The van der Waals surface area contributed by atoms with Crippen LogP contribution in [0.15, 0.2) is 48.5 Å². The lowest BCUT2D eigenvalue weighted by Crippen LogP contribution is -2.28. The normalized spacial score (nSPS) is 10.8. The maximum Gasteiger partial charge on any atom is 0.220 e. The molecule has 2 aromatic carbocycles. The first-order valence-electron chi connectivity index (χ1n) is 9.55. The van der Waals surface area contributed by atoms with Gasteiger partial charge in [0, 0.05) is 31.5 Å². The Kier molecular flexibility index (Phi) is 8.21. The molecule has 0 spiro atoms. The van der Waals surface area contributed by atoms with Crippen molar-refractivity contribution in [2.24, 2.45) is 0 Å². The minimum Gasteiger partial charge on any atom is -0.356 e. The second kappa shape index (κ2) is 10.6. The molecule has 0 unspecified atom stereocenters. The summed E-state index contributed by atoms with van der Waals surface area (Å²) in [7, 11) is 2.08. The fourth-order valence-corrected chi connectivity index (χ4v) is 2.93. The smallest absolute Gasteiger partial charge is 0.220 e. The van der Waals surface area contributed by atoms with Crippen molar-refractivity contribution in [3.8, 4) is 0 Å². The summed E-state index contributed by atoms with van der Waals surface area (Å²) in [6.45, 7) is 6.47. The van der Waals surface area contributed by atoms with Crippen LogP contribution in [0.1, 0.15) is 46.3 Å². The highest BCUT2D eigenvalue weighted by Crippen LogP contribution is 2.12. The molecule has 27 heavy (non-hydrogen) atoms. The number of amides is 1. The molecule has 0 fully saturated rings. The first-order chi connectivity index (χ1) is 13.0. The second-order valence-electron chi connectivity index (χ2n) is 7.15. The van der Waals surface area contributed by atoms with Crippen LogP contribution in [0.3, 0.4) is 0 Å². The number of rotatable bonds is 10. The van der Waals surface area contributed by atoms with Crippen LogP contribution in [-0.4, -0.2) is 36.7 Å². The van der Waals surface area contributed by atoms with Crippen molar-refractivity contribution in [1.82, 2.24) is 10.2 Å². The Morgan fingerprint density at radius 2 is 1.70 bits per heavy atom. The summed E-state index contributed by atoms with van der Waals surface area (Å²) in [4.78, 5) is 26.4. The van der Waals surface area contributed by atoms with Gasteiger partial charge in [-0.25, -0.2) is 0 Å². The van der Waals surface area contributed by atoms with Crippen LogP contribution in [0.2, 0.25) is 0 Å². The summed E-state index contributed by atoms with van der Waals surface area (Å²) in [5, 5.41) is 2.91. The van der Waals surface area contributed by atoms with Gasteiger partial charge in [0.2, 0.25) is 5.91 Å². The molecule has 0 aliphatic carbocycles. The molecule has 0 heterocycles. The van der Waals surface area contributed by atoms with Crippen molar-refractivity contribution in [3.05, 3.63) is 70.8 Å². The molecular weight excluding hydrogens is 336 g/mol. The summed E-state index contributed by atoms with van der Waals surface area (Å²) < 4.78 is 0. The van der Waals surface area contributed by atoms with Gasteiger partial charge in [0.25, 0.3) is 0 Å². The molecule has 1 N–H and O–H groups in total. The highest BCUT2D eigenvalue weighted by Gasteiger charge is 2.10. The molecule has 2 rings (SSSR count). The molecular formula is C23H30N2O2. The topological polar surface area (TPSA) is 49.4 Å². The predicted molar refractivity (Wildman–Crippen MR) is 110 cm³/mol. The number of carbonyl (C=O) groups is 2. The van der Waals surface area contributed by atoms with Crippen LogP contribution in [0, 0.1) is 13.8 Å². The lowest BCUT2D eigenvalue weighted by molar-refractivity contribution is -0.121. The fraction of sp³-hybridized carbons (Fsp3) is 0.391. The van der Waals surface area contributed by atoms with Gasteiger partial charge in [-0.05, 0) is 56.6 Å². The fourth-order valence-electron chi connectivity index (χ4n) is 2.93. The van der Waals surface area contributed by atoms with Gasteiger partial charge in [0.1, 0.15) is 0 Å². The monoisotopic (exact) mass is 366 g/mol. The Morgan fingerprint density at radius 3 is 2.41 bits per heavy atom. The average molecular weight is 367 g/mol. The van der Waals surface area contributed by atoms with Gasteiger partial charge in [-0.3, -0.25) is 9.59 Å². The Bertz CT molecular complexity index is 756. The van der Waals surface area contributed by atoms with Crippen molar-refractivity contribution < 1.29 is 9.59 Å². The van der Waals surface area contributed by atoms with Crippen LogP contribution >= 0.6 is 0 Å². The van der Waals surface area contributed by atoms with E-state index in [-0.39, 0.29) is 24.5 Å². The molecule has 0 aliphatic heterocycles. The first kappa shape index (κ1) is 20.8. The molecule has 0 bridgehead atoms. The summed E-state index contributed by atoms with van der Waals surface area (Å²) in [5.74, 6) is -0.0336. The maximum atomic E-state index is 12.2. The zero-order valence-electron chi connectivity index (χ0n) is 16.6. The second-order valence-corrected chi connectivity index (χ2v) is 7.15. The Labute approximate surface area is 162 Å². The highest BCUT2D eigenvalue weighted by molar-refractivity contribution is 5.98. The number of nitrogens with one attached hydrogen (secondary N) is 1. The van der Waals surface area contributed by atoms with E-state index in [9.17, 15) is 9.59 Å². The minimum atomic E-state index is -0.0575. The third kappa shape index (κ3) is 7.35. The summed E-state index contributed by atoms with van der Waals surface area (Å²) in [6, 6.07) is 16.0. The van der Waals surface area contributed by atoms with Crippen LogP contribution in [-0.2, 0) is 11.3 Å². The minimum absolute atomic E-state index is 0.0239. The predicted octanol–water partition coefficient (Wildman–Crippen LogP) is 3.90. The van der Waals surface area contributed by atoms with E-state index in [1.165, 1.54) is 11.1 Å².